The molecule has 0 aliphatic heterocycles. The molecule has 1 aliphatic rings. The highest BCUT2D eigenvalue weighted by molar-refractivity contribution is 14.0. The first-order valence-corrected chi connectivity index (χ1v) is 9.58. The maximum absolute atomic E-state index is 13.5. The molecule has 1 fully saturated rings. The Morgan fingerprint density at radius 1 is 1.14 bits per heavy atom. The number of hydrogen-bond donors (Lipinski definition) is 3. The van der Waals surface area contributed by atoms with Crippen molar-refractivity contribution in [1.82, 2.24) is 10.6 Å². The lowest BCUT2D eigenvalue weighted by molar-refractivity contribution is -0.114. The van der Waals surface area contributed by atoms with Gasteiger partial charge in [-0.05, 0) is 54.7 Å². The lowest BCUT2D eigenvalue weighted by Gasteiger charge is -2.19. The third-order valence-corrected chi connectivity index (χ3v) is 5.09. The molecule has 0 aromatic heterocycles. The Hall–Kier alpha value is -2.16. The van der Waals surface area contributed by atoms with Gasteiger partial charge in [0.05, 0.1) is 0 Å². The molecule has 1 aliphatic carbocycles. The summed E-state index contributed by atoms with van der Waals surface area (Å²) in [5.41, 5.74) is 3.04. The largest absolute Gasteiger partial charge is 0.356 e. The summed E-state index contributed by atoms with van der Waals surface area (Å²) in [6, 6.07) is 14.7. The van der Waals surface area contributed by atoms with Crippen LogP contribution in [0.4, 0.5) is 10.1 Å². The Morgan fingerprint density at radius 3 is 2.45 bits per heavy atom. The second kappa shape index (κ2) is 10.6. The van der Waals surface area contributed by atoms with Crippen molar-refractivity contribution < 1.29 is 9.18 Å². The Bertz CT molecular complexity index is 850. The number of nitrogens with one attached hydrogen (secondary N) is 3. The van der Waals surface area contributed by atoms with Gasteiger partial charge in [-0.1, -0.05) is 24.3 Å². The molecule has 156 valence electrons. The fourth-order valence-corrected chi connectivity index (χ4v) is 3.29. The van der Waals surface area contributed by atoms with Gasteiger partial charge >= 0.3 is 0 Å². The number of carbonyl (C=O) groups excluding carboxylic acids is 1. The number of carbonyl (C=O) groups is 1. The quantitative estimate of drug-likeness (QED) is 0.302. The van der Waals surface area contributed by atoms with Gasteiger partial charge in [0.15, 0.2) is 5.96 Å². The lowest BCUT2D eigenvalue weighted by atomic mass is 9.96. The van der Waals surface area contributed by atoms with E-state index >= 15 is 0 Å². The summed E-state index contributed by atoms with van der Waals surface area (Å²) in [5.74, 6) is 0.490. The van der Waals surface area contributed by atoms with Crippen LogP contribution in [0, 0.1) is 5.82 Å². The van der Waals surface area contributed by atoms with E-state index in [0.29, 0.717) is 0 Å². The average Bonchev–Trinajstić information content (AvgIpc) is 3.47. The van der Waals surface area contributed by atoms with Crippen molar-refractivity contribution in [2.75, 3.05) is 25.5 Å². The molecule has 0 unspecified atom stereocenters. The summed E-state index contributed by atoms with van der Waals surface area (Å²) in [5, 5.41) is 9.46. The van der Waals surface area contributed by atoms with Gasteiger partial charge in [0.1, 0.15) is 5.82 Å². The van der Waals surface area contributed by atoms with Crippen LogP contribution < -0.4 is 16.0 Å². The molecule has 0 radical (unpaired) electrons. The zero-order valence-corrected chi connectivity index (χ0v) is 19.1. The fraction of sp³-hybridized carbons (Fsp3) is 0.364. The second-order valence-electron chi connectivity index (χ2n) is 7.27. The maximum atomic E-state index is 13.5. The molecule has 5 nitrogen and oxygen atoms in total. The van der Waals surface area contributed by atoms with Crippen LogP contribution in [0.5, 0.6) is 0 Å². The van der Waals surface area contributed by atoms with E-state index in [1.807, 2.05) is 30.3 Å². The molecule has 1 saturated carbocycles. The zero-order chi connectivity index (χ0) is 20.0. The van der Waals surface area contributed by atoms with Gasteiger partial charge in [-0.15, -0.1) is 24.0 Å². The highest BCUT2D eigenvalue weighted by Crippen LogP contribution is 2.47. The molecule has 0 spiro atoms. The number of hydrogen-bond acceptors (Lipinski definition) is 2. The molecule has 3 rings (SSSR count). The first-order valence-electron chi connectivity index (χ1n) is 9.58. The van der Waals surface area contributed by atoms with E-state index in [9.17, 15) is 9.18 Å². The van der Waals surface area contributed by atoms with Crippen molar-refractivity contribution in [2.24, 2.45) is 4.99 Å². The van der Waals surface area contributed by atoms with Gasteiger partial charge in [-0.3, -0.25) is 9.79 Å². The summed E-state index contributed by atoms with van der Waals surface area (Å²) < 4.78 is 13.5. The number of rotatable bonds is 7. The van der Waals surface area contributed by atoms with Crippen molar-refractivity contribution in [3.63, 3.8) is 0 Å². The lowest BCUT2D eigenvalue weighted by Crippen LogP contribution is -2.42. The highest BCUT2D eigenvalue weighted by Gasteiger charge is 2.44. The molecular weight excluding hydrogens is 482 g/mol. The van der Waals surface area contributed by atoms with Crippen molar-refractivity contribution in [2.45, 2.75) is 31.6 Å². The molecule has 0 bridgehead atoms. The minimum Gasteiger partial charge on any atom is -0.356 e. The van der Waals surface area contributed by atoms with Gasteiger partial charge in [0.25, 0.3) is 0 Å². The normalized spacial score (nSPS) is 14.5. The summed E-state index contributed by atoms with van der Waals surface area (Å²) in [6.07, 6.45) is 2.96. The van der Waals surface area contributed by atoms with Crippen LogP contribution in [-0.4, -0.2) is 32.0 Å². The molecule has 2 aromatic carbocycles. The van der Waals surface area contributed by atoms with E-state index in [-0.39, 0.29) is 41.1 Å². The van der Waals surface area contributed by atoms with Crippen molar-refractivity contribution in [1.29, 1.82) is 0 Å². The van der Waals surface area contributed by atoms with E-state index in [1.165, 1.54) is 18.6 Å². The van der Waals surface area contributed by atoms with Gasteiger partial charge in [-0.2, -0.15) is 0 Å². The summed E-state index contributed by atoms with van der Waals surface area (Å²) in [4.78, 5) is 15.3. The SMILES string of the molecule is CN=C(NCCc1ccc(NC(C)=O)cc1)NCC1(c2cccc(F)c2)CC1.I. The van der Waals surface area contributed by atoms with Crippen molar-refractivity contribution >= 4 is 41.5 Å². The van der Waals surface area contributed by atoms with Crippen LogP contribution in [0.3, 0.4) is 0 Å². The molecule has 7 heteroatoms. The van der Waals surface area contributed by atoms with E-state index < -0.39 is 0 Å². The molecule has 0 heterocycles. The second-order valence-corrected chi connectivity index (χ2v) is 7.27. The number of halogens is 2. The number of benzene rings is 2. The molecular formula is C22H28FIN4O. The maximum Gasteiger partial charge on any atom is 0.221 e. The molecule has 0 atom stereocenters. The molecule has 2 aromatic rings. The summed E-state index contributed by atoms with van der Waals surface area (Å²) >= 11 is 0. The van der Waals surface area contributed by atoms with Crippen LogP contribution >= 0.6 is 24.0 Å². The van der Waals surface area contributed by atoms with E-state index in [1.54, 1.807) is 19.2 Å². The Labute approximate surface area is 188 Å². The third kappa shape index (κ3) is 6.69. The predicted octanol–water partition coefficient (Wildman–Crippen LogP) is 3.84. The van der Waals surface area contributed by atoms with Gasteiger partial charge in [-0.25, -0.2) is 4.39 Å². The van der Waals surface area contributed by atoms with Gasteiger partial charge < -0.3 is 16.0 Å². The van der Waals surface area contributed by atoms with E-state index in [0.717, 1.165) is 49.6 Å². The summed E-state index contributed by atoms with van der Waals surface area (Å²) in [7, 11) is 1.75. The zero-order valence-electron chi connectivity index (χ0n) is 16.8. The van der Waals surface area contributed by atoms with Crippen LogP contribution in [-0.2, 0) is 16.6 Å². The highest BCUT2D eigenvalue weighted by atomic mass is 127. The van der Waals surface area contributed by atoms with Crippen molar-refractivity contribution in [3.05, 3.63) is 65.5 Å². The van der Waals surface area contributed by atoms with E-state index in [4.69, 9.17) is 0 Å². The molecule has 3 N–H and O–H groups in total. The topological polar surface area (TPSA) is 65.5 Å². The first-order chi connectivity index (χ1) is 13.5. The average molecular weight is 510 g/mol. The predicted molar refractivity (Wildman–Crippen MR) is 127 cm³/mol. The Morgan fingerprint density at radius 2 is 1.86 bits per heavy atom. The van der Waals surface area contributed by atoms with Crippen molar-refractivity contribution in [3.8, 4) is 0 Å². The third-order valence-electron chi connectivity index (χ3n) is 5.09. The smallest absolute Gasteiger partial charge is 0.221 e. The van der Waals surface area contributed by atoms with Crippen LogP contribution in [0.2, 0.25) is 0 Å². The fourth-order valence-electron chi connectivity index (χ4n) is 3.29. The Kier molecular flexibility index (Phi) is 8.43. The van der Waals surface area contributed by atoms with Crippen LogP contribution in [0.15, 0.2) is 53.5 Å². The minimum atomic E-state index is -0.184. The van der Waals surface area contributed by atoms with Crippen LogP contribution in [0.1, 0.15) is 30.9 Å². The van der Waals surface area contributed by atoms with Gasteiger partial charge in [0.2, 0.25) is 5.91 Å². The molecule has 29 heavy (non-hydrogen) atoms. The monoisotopic (exact) mass is 510 g/mol. The standard InChI is InChI=1S/C22H27FN4O.HI/c1-16(28)27-20-8-6-17(7-9-20)10-13-25-21(24-2)26-15-22(11-12-22)18-4-3-5-19(23)14-18;/h3-9,14H,10-13,15H2,1-2H3,(H,27,28)(H2,24,25,26);1H. The first kappa shape index (κ1) is 23.1. The number of nitrogens with zero attached hydrogens (tertiary/aromatic N) is 1. The number of aliphatic imine (C=N–C) groups is 1. The van der Waals surface area contributed by atoms with Gasteiger partial charge in [0, 0.05) is 38.2 Å². The number of anilines is 1. The van der Waals surface area contributed by atoms with Crippen LogP contribution in [0.25, 0.3) is 0 Å². The molecule has 1 amide bonds. The minimum absolute atomic E-state index is 0. The number of amides is 1. The summed E-state index contributed by atoms with van der Waals surface area (Å²) in [6.45, 7) is 2.98. The van der Waals surface area contributed by atoms with E-state index in [2.05, 4.69) is 20.9 Å². The number of guanidine groups is 1. The molecule has 0 saturated heterocycles. The Balaban J connectivity index is 0.00000300.